The number of hydrogen-bond donors (Lipinski definition) is 2. The van der Waals surface area contributed by atoms with Crippen LogP contribution in [0.15, 0.2) is 0 Å². The Morgan fingerprint density at radius 1 is 1.40 bits per heavy atom. The number of aliphatic hydroxyl groups excluding tert-OH is 1. The largest absolute Gasteiger partial charge is 0.481 e. The van der Waals surface area contributed by atoms with Crippen LogP contribution in [-0.2, 0) is 14.8 Å². The molecule has 15 heavy (non-hydrogen) atoms. The van der Waals surface area contributed by atoms with E-state index < -0.39 is 16.0 Å². The van der Waals surface area contributed by atoms with Gasteiger partial charge in [-0.25, -0.2) is 12.7 Å². The molecule has 0 amide bonds. The Morgan fingerprint density at radius 2 is 2.00 bits per heavy atom. The van der Waals surface area contributed by atoms with Gasteiger partial charge in [0.1, 0.15) is 0 Å². The lowest BCUT2D eigenvalue weighted by Gasteiger charge is -2.36. The second-order valence-corrected chi connectivity index (χ2v) is 5.77. The molecule has 88 valence electrons. The van der Waals surface area contributed by atoms with Crippen molar-refractivity contribution in [3.05, 3.63) is 0 Å². The fourth-order valence-corrected chi connectivity index (χ4v) is 3.04. The number of rotatable bonds is 6. The average Bonchev–Trinajstić information content (AvgIpc) is 2.00. The summed E-state index contributed by atoms with van der Waals surface area (Å²) in [5.74, 6) is -1.07. The molecule has 0 bridgehead atoms. The molecule has 0 spiro atoms. The minimum atomic E-state index is -3.30. The lowest BCUT2D eigenvalue weighted by molar-refractivity contribution is -0.137. The van der Waals surface area contributed by atoms with Crippen molar-refractivity contribution < 1.29 is 23.4 Å². The molecule has 0 saturated carbocycles. The summed E-state index contributed by atoms with van der Waals surface area (Å²) in [4.78, 5) is 10.2. The third-order valence-electron chi connectivity index (χ3n) is 2.37. The van der Waals surface area contributed by atoms with Gasteiger partial charge in [-0.1, -0.05) is 0 Å². The third-order valence-corrected chi connectivity index (χ3v) is 4.26. The number of carboxylic acids is 1. The van der Waals surface area contributed by atoms with Gasteiger partial charge in [0.15, 0.2) is 0 Å². The predicted octanol–water partition coefficient (Wildman–Crippen LogP) is -0.895. The maximum atomic E-state index is 11.5. The zero-order valence-electron chi connectivity index (χ0n) is 8.29. The molecule has 0 aromatic heterocycles. The van der Waals surface area contributed by atoms with Crippen molar-refractivity contribution in [1.82, 2.24) is 4.31 Å². The van der Waals surface area contributed by atoms with Crippen molar-refractivity contribution in [1.29, 1.82) is 0 Å². The Kier molecular flexibility index (Phi) is 4.06. The number of nitrogens with zero attached hydrogens (tertiary/aromatic N) is 1. The molecule has 1 rings (SSSR count). The summed E-state index contributed by atoms with van der Waals surface area (Å²) < 4.78 is 24.3. The van der Waals surface area contributed by atoms with Gasteiger partial charge in [0.25, 0.3) is 0 Å². The molecule has 0 aliphatic carbocycles. The minimum Gasteiger partial charge on any atom is -0.481 e. The van der Waals surface area contributed by atoms with Crippen LogP contribution in [0, 0.1) is 5.92 Å². The van der Waals surface area contributed by atoms with Crippen LogP contribution in [0.5, 0.6) is 0 Å². The monoisotopic (exact) mass is 237 g/mol. The van der Waals surface area contributed by atoms with Gasteiger partial charge in [0, 0.05) is 32.0 Å². The molecular formula is C8H15NO5S. The highest BCUT2D eigenvalue weighted by atomic mass is 32.2. The number of hydrogen-bond acceptors (Lipinski definition) is 4. The van der Waals surface area contributed by atoms with Gasteiger partial charge in [-0.15, -0.1) is 0 Å². The lowest BCUT2D eigenvalue weighted by Crippen LogP contribution is -2.51. The first-order valence-corrected chi connectivity index (χ1v) is 6.37. The smallest absolute Gasteiger partial charge is 0.303 e. The van der Waals surface area contributed by atoms with Crippen LogP contribution in [-0.4, -0.2) is 54.4 Å². The van der Waals surface area contributed by atoms with E-state index in [-0.39, 0.29) is 31.1 Å². The van der Waals surface area contributed by atoms with E-state index in [0.717, 1.165) is 0 Å². The Bertz CT molecular complexity index is 320. The quantitative estimate of drug-likeness (QED) is 0.624. The highest BCUT2D eigenvalue weighted by Gasteiger charge is 2.34. The van der Waals surface area contributed by atoms with Crippen molar-refractivity contribution in [3.63, 3.8) is 0 Å². The van der Waals surface area contributed by atoms with E-state index in [4.69, 9.17) is 10.2 Å². The molecule has 7 heteroatoms. The average molecular weight is 237 g/mol. The van der Waals surface area contributed by atoms with Crippen LogP contribution in [0.4, 0.5) is 0 Å². The van der Waals surface area contributed by atoms with Gasteiger partial charge in [0.2, 0.25) is 10.0 Å². The highest BCUT2D eigenvalue weighted by molar-refractivity contribution is 7.89. The molecule has 6 nitrogen and oxygen atoms in total. The standard InChI is InChI=1S/C8H15NO5S/c10-6-7-4-9(5-7)15(13,14)3-1-2-8(11)12/h7,10H,1-6H2,(H,11,12). The molecule has 0 radical (unpaired) electrons. The first-order valence-electron chi connectivity index (χ1n) is 4.76. The number of carbonyl (C=O) groups is 1. The summed E-state index contributed by atoms with van der Waals surface area (Å²) in [5.41, 5.74) is 0. The second-order valence-electron chi connectivity index (χ2n) is 3.68. The summed E-state index contributed by atoms with van der Waals surface area (Å²) in [7, 11) is -3.30. The molecule has 1 saturated heterocycles. The van der Waals surface area contributed by atoms with Crippen molar-refractivity contribution in [2.45, 2.75) is 12.8 Å². The molecule has 0 aromatic rings. The molecule has 0 atom stereocenters. The number of aliphatic carboxylic acids is 1. The molecule has 0 unspecified atom stereocenters. The molecular weight excluding hydrogens is 222 g/mol. The fourth-order valence-electron chi connectivity index (χ4n) is 1.40. The highest BCUT2D eigenvalue weighted by Crippen LogP contribution is 2.19. The minimum absolute atomic E-state index is 0.00114. The van der Waals surface area contributed by atoms with E-state index in [0.29, 0.717) is 13.1 Å². The first kappa shape index (κ1) is 12.4. The molecule has 1 aliphatic rings. The summed E-state index contributed by atoms with van der Waals surface area (Å²) in [6, 6.07) is 0. The Hall–Kier alpha value is -0.660. The number of carboxylic acid groups (broad SMARTS) is 1. The van der Waals surface area contributed by atoms with E-state index in [2.05, 4.69) is 0 Å². The summed E-state index contributed by atoms with van der Waals surface area (Å²) in [6.45, 7) is 0.707. The third kappa shape index (κ3) is 3.44. The molecule has 0 aromatic carbocycles. The first-order chi connectivity index (χ1) is 6.95. The zero-order valence-corrected chi connectivity index (χ0v) is 9.11. The zero-order chi connectivity index (χ0) is 11.5. The van der Waals surface area contributed by atoms with Crippen LogP contribution < -0.4 is 0 Å². The number of sulfonamides is 1. The molecule has 1 fully saturated rings. The normalized spacial score (nSPS) is 18.7. The van der Waals surface area contributed by atoms with Crippen molar-refractivity contribution >= 4 is 16.0 Å². The lowest BCUT2D eigenvalue weighted by atomic mass is 10.1. The van der Waals surface area contributed by atoms with Gasteiger partial charge in [-0.2, -0.15) is 0 Å². The van der Waals surface area contributed by atoms with Crippen LogP contribution in [0.25, 0.3) is 0 Å². The fraction of sp³-hybridized carbons (Fsp3) is 0.875. The van der Waals surface area contributed by atoms with Gasteiger partial charge < -0.3 is 10.2 Å². The molecule has 2 N–H and O–H groups in total. The summed E-state index contributed by atoms with van der Waals surface area (Å²) in [6.07, 6.45) is 0.00839. The second kappa shape index (κ2) is 4.91. The SMILES string of the molecule is O=C(O)CCCS(=O)(=O)N1CC(CO)C1. The Morgan fingerprint density at radius 3 is 2.47 bits per heavy atom. The van der Waals surface area contributed by atoms with E-state index in [1.807, 2.05) is 0 Å². The number of aliphatic hydroxyl groups is 1. The Labute approximate surface area is 88.6 Å². The van der Waals surface area contributed by atoms with Gasteiger partial charge in [0.05, 0.1) is 5.75 Å². The van der Waals surface area contributed by atoms with Crippen LogP contribution >= 0.6 is 0 Å². The summed E-state index contributed by atoms with van der Waals surface area (Å²) >= 11 is 0. The van der Waals surface area contributed by atoms with Crippen molar-refractivity contribution in [2.24, 2.45) is 5.92 Å². The topological polar surface area (TPSA) is 94.9 Å². The van der Waals surface area contributed by atoms with Gasteiger partial charge in [-0.05, 0) is 6.42 Å². The van der Waals surface area contributed by atoms with Crippen LogP contribution in [0.2, 0.25) is 0 Å². The van der Waals surface area contributed by atoms with E-state index in [9.17, 15) is 13.2 Å². The summed E-state index contributed by atoms with van der Waals surface area (Å²) in [5, 5.41) is 17.1. The molecule has 1 aliphatic heterocycles. The van der Waals surface area contributed by atoms with Crippen LogP contribution in [0.1, 0.15) is 12.8 Å². The van der Waals surface area contributed by atoms with E-state index in [1.54, 1.807) is 0 Å². The maximum Gasteiger partial charge on any atom is 0.303 e. The maximum absolute atomic E-state index is 11.5. The van der Waals surface area contributed by atoms with Gasteiger partial charge >= 0.3 is 5.97 Å². The van der Waals surface area contributed by atoms with Crippen LogP contribution in [0.3, 0.4) is 0 Å². The Balaban J connectivity index is 2.31. The van der Waals surface area contributed by atoms with E-state index >= 15 is 0 Å². The van der Waals surface area contributed by atoms with Gasteiger partial charge in [-0.3, -0.25) is 4.79 Å². The molecule has 1 heterocycles. The van der Waals surface area contributed by atoms with E-state index in [1.165, 1.54) is 4.31 Å². The van der Waals surface area contributed by atoms with Crippen molar-refractivity contribution in [2.75, 3.05) is 25.4 Å². The predicted molar refractivity (Wildman–Crippen MR) is 52.8 cm³/mol. The van der Waals surface area contributed by atoms with Crippen molar-refractivity contribution in [3.8, 4) is 0 Å².